The van der Waals surface area contributed by atoms with Gasteiger partial charge in [-0.3, -0.25) is 0 Å². The van der Waals surface area contributed by atoms with Crippen LogP contribution in [-0.4, -0.2) is 6.54 Å². The minimum Gasteiger partial charge on any atom is -0.465 e. The monoisotopic (exact) mass is 221 g/mol. The van der Waals surface area contributed by atoms with E-state index in [1.165, 1.54) is 6.26 Å². The molecule has 0 spiro atoms. The first-order chi connectivity index (χ1) is 5.25. The Balaban J connectivity index is 2.67. The van der Waals surface area contributed by atoms with E-state index in [1.54, 1.807) is 6.07 Å². The first-order valence-corrected chi connectivity index (χ1v) is 4.12. The lowest BCUT2D eigenvalue weighted by molar-refractivity contribution is 0.273. The summed E-state index contributed by atoms with van der Waals surface area (Å²) in [6.07, 6.45) is 0.651. The van der Waals surface area contributed by atoms with E-state index >= 15 is 0 Å². The summed E-state index contributed by atoms with van der Waals surface area (Å²) in [4.78, 5) is 0. The molecule has 0 radical (unpaired) electrons. The van der Waals surface area contributed by atoms with Gasteiger partial charge in [-0.1, -0.05) is 0 Å². The van der Waals surface area contributed by atoms with Gasteiger partial charge in [0.15, 0.2) is 11.9 Å². The molecular formula is C7H9BrFNO. The third-order valence-electron chi connectivity index (χ3n) is 1.35. The zero-order chi connectivity index (χ0) is 8.27. The quantitative estimate of drug-likeness (QED) is 0.852. The predicted octanol–water partition coefficient (Wildman–Crippen LogP) is 2.40. The van der Waals surface area contributed by atoms with Gasteiger partial charge in [-0.2, -0.15) is 0 Å². The van der Waals surface area contributed by atoms with Crippen molar-refractivity contribution in [2.24, 2.45) is 5.73 Å². The van der Waals surface area contributed by atoms with Crippen LogP contribution in [0.15, 0.2) is 21.2 Å². The lowest BCUT2D eigenvalue weighted by Gasteiger charge is -2.02. The molecule has 0 aliphatic heterocycles. The number of hydrogen-bond acceptors (Lipinski definition) is 2. The molecule has 0 fully saturated rings. The third-order valence-corrected chi connectivity index (χ3v) is 2.00. The molecular weight excluding hydrogens is 213 g/mol. The van der Waals surface area contributed by atoms with Gasteiger partial charge in [0.25, 0.3) is 0 Å². The Kier molecular flexibility index (Phi) is 3.08. The normalized spacial score (nSPS) is 13.4. The molecule has 2 nitrogen and oxygen atoms in total. The highest BCUT2D eigenvalue weighted by molar-refractivity contribution is 9.10. The second-order valence-electron chi connectivity index (χ2n) is 2.18. The van der Waals surface area contributed by atoms with Crippen LogP contribution in [0.2, 0.25) is 0 Å². The summed E-state index contributed by atoms with van der Waals surface area (Å²) in [5, 5.41) is 0. The van der Waals surface area contributed by atoms with Crippen LogP contribution in [0.4, 0.5) is 4.39 Å². The summed E-state index contributed by atoms with van der Waals surface area (Å²) in [6, 6.07) is 1.67. The topological polar surface area (TPSA) is 39.2 Å². The standard InChI is InChI=1S/C7H9BrFNO/c8-5-2-4-11-7(5)6(9)1-3-10/h2,4,6H,1,3,10H2. The number of nitrogens with two attached hydrogens (primary N) is 1. The maximum Gasteiger partial charge on any atom is 0.160 e. The molecule has 0 bridgehead atoms. The molecule has 1 rings (SSSR count). The van der Waals surface area contributed by atoms with Crippen molar-refractivity contribution in [3.05, 3.63) is 22.6 Å². The summed E-state index contributed by atoms with van der Waals surface area (Å²) in [6.45, 7) is 0.328. The zero-order valence-corrected chi connectivity index (χ0v) is 7.47. The smallest absolute Gasteiger partial charge is 0.160 e. The largest absolute Gasteiger partial charge is 0.465 e. The summed E-state index contributed by atoms with van der Waals surface area (Å²) in [7, 11) is 0. The molecule has 1 atom stereocenters. The Labute approximate surface area is 72.7 Å². The van der Waals surface area contributed by atoms with Crippen molar-refractivity contribution in [3.63, 3.8) is 0 Å². The van der Waals surface area contributed by atoms with E-state index in [9.17, 15) is 4.39 Å². The van der Waals surface area contributed by atoms with Gasteiger partial charge in [0.2, 0.25) is 0 Å². The van der Waals surface area contributed by atoms with Gasteiger partial charge in [0.1, 0.15) is 0 Å². The summed E-state index contributed by atoms with van der Waals surface area (Å²) in [5.74, 6) is 0.329. The first kappa shape index (κ1) is 8.74. The number of halogens is 2. The molecule has 1 aromatic rings. The number of furan rings is 1. The molecule has 0 amide bonds. The van der Waals surface area contributed by atoms with Gasteiger partial charge in [-0.25, -0.2) is 4.39 Å². The van der Waals surface area contributed by atoms with E-state index in [4.69, 9.17) is 10.2 Å². The summed E-state index contributed by atoms with van der Waals surface area (Å²) < 4.78 is 18.6. The number of hydrogen-bond donors (Lipinski definition) is 1. The van der Waals surface area contributed by atoms with Crippen LogP contribution in [0.25, 0.3) is 0 Å². The van der Waals surface area contributed by atoms with E-state index in [1.807, 2.05) is 0 Å². The molecule has 1 aromatic heterocycles. The van der Waals surface area contributed by atoms with Crippen LogP contribution >= 0.6 is 15.9 Å². The molecule has 62 valence electrons. The molecule has 11 heavy (non-hydrogen) atoms. The Morgan fingerprint density at radius 3 is 2.91 bits per heavy atom. The minimum atomic E-state index is -1.09. The Bertz CT molecular complexity index is 226. The first-order valence-electron chi connectivity index (χ1n) is 3.32. The molecule has 1 heterocycles. The van der Waals surface area contributed by atoms with E-state index in [-0.39, 0.29) is 0 Å². The maximum absolute atomic E-state index is 13.0. The van der Waals surface area contributed by atoms with Gasteiger partial charge in [0.05, 0.1) is 10.7 Å². The van der Waals surface area contributed by atoms with Crippen molar-refractivity contribution in [1.82, 2.24) is 0 Å². The van der Waals surface area contributed by atoms with E-state index in [2.05, 4.69) is 15.9 Å². The van der Waals surface area contributed by atoms with Crippen molar-refractivity contribution in [1.29, 1.82) is 0 Å². The highest BCUT2D eigenvalue weighted by Crippen LogP contribution is 2.28. The predicted molar refractivity (Wildman–Crippen MR) is 43.9 cm³/mol. The fraction of sp³-hybridized carbons (Fsp3) is 0.429. The van der Waals surface area contributed by atoms with Gasteiger partial charge in [-0.15, -0.1) is 0 Å². The van der Waals surface area contributed by atoms with Gasteiger partial charge >= 0.3 is 0 Å². The van der Waals surface area contributed by atoms with Crippen LogP contribution in [0.3, 0.4) is 0 Å². The average Bonchev–Trinajstić information content (AvgIpc) is 2.36. The molecule has 0 saturated heterocycles. The number of rotatable bonds is 3. The highest BCUT2D eigenvalue weighted by atomic mass is 79.9. The van der Waals surface area contributed by atoms with Crippen molar-refractivity contribution in [2.45, 2.75) is 12.6 Å². The van der Waals surface area contributed by atoms with Crippen molar-refractivity contribution in [3.8, 4) is 0 Å². The summed E-state index contributed by atoms with van der Waals surface area (Å²) in [5.41, 5.74) is 5.19. The maximum atomic E-state index is 13.0. The summed E-state index contributed by atoms with van der Waals surface area (Å²) >= 11 is 3.16. The van der Waals surface area contributed by atoms with Crippen molar-refractivity contribution >= 4 is 15.9 Å². The fourth-order valence-corrected chi connectivity index (χ4v) is 1.26. The molecule has 0 aromatic carbocycles. The van der Waals surface area contributed by atoms with Crippen LogP contribution in [0.1, 0.15) is 18.4 Å². The van der Waals surface area contributed by atoms with Gasteiger partial charge < -0.3 is 10.2 Å². The van der Waals surface area contributed by atoms with E-state index < -0.39 is 6.17 Å². The van der Waals surface area contributed by atoms with Crippen LogP contribution in [-0.2, 0) is 0 Å². The average molecular weight is 222 g/mol. The third kappa shape index (κ3) is 2.04. The van der Waals surface area contributed by atoms with Crippen molar-refractivity contribution in [2.75, 3.05) is 6.54 Å². The molecule has 4 heteroatoms. The Morgan fingerprint density at radius 2 is 2.45 bits per heavy atom. The lowest BCUT2D eigenvalue weighted by Crippen LogP contribution is -2.03. The minimum absolute atomic E-state index is 0.298. The van der Waals surface area contributed by atoms with Gasteiger partial charge in [-0.05, 0) is 35.0 Å². The second kappa shape index (κ2) is 3.88. The fourth-order valence-electron chi connectivity index (χ4n) is 0.806. The highest BCUT2D eigenvalue weighted by Gasteiger charge is 2.15. The van der Waals surface area contributed by atoms with E-state index in [0.717, 1.165) is 0 Å². The lowest BCUT2D eigenvalue weighted by atomic mass is 10.2. The van der Waals surface area contributed by atoms with E-state index in [0.29, 0.717) is 23.2 Å². The molecule has 0 saturated carbocycles. The molecule has 0 aliphatic rings. The second-order valence-corrected chi connectivity index (χ2v) is 3.03. The zero-order valence-electron chi connectivity index (χ0n) is 5.89. The Morgan fingerprint density at radius 1 is 1.73 bits per heavy atom. The molecule has 0 aliphatic carbocycles. The molecule has 1 unspecified atom stereocenters. The number of alkyl halides is 1. The Hall–Kier alpha value is -0.350. The SMILES string of the molecule is NCCC(F)c1occc1Br. The van der Waals surface area contributed by atoms with Crippen molar-refractivity contribution < 1.29 is 8.81 Å². The van der Waals surface area contributed by atoms with Crippen LogP contribution in [0, 0.1) is 0 Å². The van der Waals surface area contributed by atoms with Crippen LogP contribution in [0.5, 0.6) is 0 Å². The van der Waals surface area contributed by atoms with Crippen LogP contribution < -0.4 is 5.73 Å². The molecule has 2 N–H and O–H groups in total. The van der Waals surface area contributed by atoms with Gasteiger partial charge in [0, 0.05) is 0 Å².